The van der Waals surface area contributed by atoms with Crippen molar-refractivity contribution in [1.82, 2.24) is 4.98 Å². The Morgan fingerprint density at radius 2 is 1.64 bits per heavy atom. The van der Waals surface area contributed by atoms with Crippen LogP contribution in [-0.4, -0.2) is 31.2 Å². The predicted octanol–water partition coefficient (Wildman–Crippen LogP) is 3.76. The molecule has 0 radical (unpaired) electrons. The van der Waals surface area contributed by atoms with Gasteiger partial charge in [-0.1, -0.05) is 29.5 Å². The Morgan fingerprint density at radius 3 is 2.41 bits per heavy atom. The lowest BCUT2D eigenvalue weighted by Gasteiger charge is -2.35. The first kappa shape index (κ1) is 13.5. The van der Waals surface area contributed by atoms with Gasteiger partial charge < -0.3 is 9.80 Å². The quantitative estimate of drug-likeness (QED) is 0.718. The van der Waals surface area contributed by atoms with E-state index >= 15 is 0 Å². The van der Waals surface area contributed by atoms with Crippen LogP contribution in [0.15, 0.2) is 48.5 Å². The first-order valence-corrected chi connectivity index (χ1v) is 8.22. The molecule has 5 heteroatoms. The lowest BCUT2D eigenvalue weighted by Crippen LogP contribution is -2.46. The number of piperazine rings is 1. The van der Waals surface area contributed by atoms with E-state index in [1.807, 2.05) is 6.07 Å². The van der Waals surface area contributed by atoms with Gasteiger partial charge in [0.1, 0.15) is 5.82 Å². The van der Waals surface area contributed by atoms with Gasteiger partial charge in [-0.15, -0.1) is 0 Å². The molecular weight excluding hydrogens is 297 g/mol. The molecule has 1 saturated heterocycles. The van der Waals surface area contributed by atoms with Gasteiger partial charge in [0.25, 0.3) is 0 Å². The molecule has 0 amide bonds. The van der Waals surface area contributed by atoms with E-state index in [4.69, 9.17) is 0 Å². The fourth-order valence-corrected chi connectivity index (χ4v) is 3.86. The first-order chi connectivity index (χ1) is 10.8. The van der Waals surface area contributed by atoms with Crippen LogP contribution in [0.4, 0.5) is 15.2 Å². The highest BCUT2D eigenvalue weighted by atomic mass is 32.1. The minimum absolute atomic E-state index is 0.198. The van der Waals surface area contributed by atoms with Crippen molar-refractivity contribution in [3.63, 3.8) is 0 Å². The molecule has 3 nitrogen and oxygen atoms in total. The zero-order valence-corrected chi connectivity index (χ0v) is 12.9. The summed E-state index contributed by atoms with van der Waals surface area (Å²) in [5, 5.41) is 0.994. The Balaban J connectivity index is 1.50. The van der Waals surface area contributed by atoms with E-state index < -0.39 is 0 Å². The number of halogens is 1. The fourth-order valence-electron chi connectivity index (χ4n) is 2.82. The van der Waals surface area contributed by atoms with Crippen LogP contribution in [0.5, 0.6) is 0 Å². The van der Waals surface area contributed by atoms with Crippen molar-refractivity contribution in [3.8, 4) is 0 Å². The monoisotopic (exact) mass is 313 g/mol. The Hall–Kier alpha value is -2.14. The number of hydrogen-bond donors (Lipinski definition) is 0. The van der Waals surface area contributed by atoms with Crippen molar-refractivity contribution in [2.45, 2.75) is 0 Å². The van der Waals surface area contributed by atoms with Gasteiger partial charge in [0.05, 0.1) is 10.2 Å². The minimum Gasteiger partial charge on any atom is -0.368 e. The standard InChI is InChI=1S/C17H16FN3S/c18-13-6-7-15-16(12-13)22-17(19-15)21-10-8-20(9-11-21)14-4-2-1-3-5-14/h1-7,12H,8-11H2. The molecule has 0 N–H and O–H groups in total. The number of nitrogens with zero attached hydrogens (tertiary/aromatic N) is 3. The van der Waals surface area contributed by atoms with Crippen molar-refractivity contribution < 1.29 is 4.39 Å². The third-order valence-corrected chi connectivity index (χ3v) is 5.09. The van der Waals surface area contributed by atoms with Gasteiger partial charge in [-0.3, -0.25) is 0 Å². The molecule has 0 unspecified atom stereocenters. The third kappa shape index (κ3) is 2.52. The highest BCUT2D eigenvalue weighted by Gasteiger charge is 2.20. The van der Waals surface area contributed by atoms with Gasteiger partial charge in [-0.25, -0.2) is 9.37 Å². The second-order valence-corrected chi connectivity index (χ2v) is 6.43. The van der Waals surface area contributed by atoms with Crippen LogP contribution in [0.1, 0.15) is 0 Å². The summed E-state index contributed by atoms with van der Waals surface area (Å²) in [5.74, 6) is -0.198. The van der Waals surface area contributed by atoms with E-state index in [0.29, 0.717) is 0 Å². The fraction of sp³-hybridized carbons (Fsp3) is 0.235. The van der Waals surface area contributed by atoms with E-state index in [2.05, 4.69) is 39.0 Å². The number of thiazole rings is 1. The van der Waals surface area contributed by atoms with E-state index in [9.17, 15) is 4.39 Å². The summed E-state index contributed by atoms with van der Waals surface area (Å²) >= 11 is 1.57. The molecule has 2 heterocycles. The maximum atomic E-state index is 13.3. The lowest BCUT2D eigenvalue weighted by molar-refractivity contribution is 0.630. The van der Waals surface area contributed by atoms with E-state index in [1.165, 1.54) is 11.8 Å². The van der Waals surface area contributed by atoms with E-state index in [0.717, 1.165) is 41.5 Å². The molecule has 1 aromatic heterocycles. The second-order valence-electron chi connectivity index (χ2n) is 5.42. The molecule has 112 valence electrons. The summed E-state index contributed by atoms with van der Waals surface area (Å²) < 4.78 is 14.2. The van der Waals surface area contributed by atoms with Gasteiger partial charge in [0, 0.05) is 31.9 Å². The average molecular weight is 313 g/mol. The lowest BCUT2D eigenvalue weighted by atomic mass is 10.2. The molecular formula is C17H16FN3S. The molecule has 4 rings (SSSR count). The maximum absolute atomic E-state index is 13.3. The molecule has 1 aliphatic heterocycles. The predicted molar refractivity (Wildman–Crippen MR) is 90.4 cm³/mol. The molecule has 0 bridgehead atoms. The Morgan fingerprint density at radius 1 is 0.909 bits per heavy atom. The van der Waals surface area contributed by atoms with Crippen LogP contribution in [0, 0.1) is 5.82 Å². The normalized spacial score (nSPS) is 15.5. The summed E-state index contributed by atoms with van der Waals surface area (Å²) in [4.78, 5) is 9.32. The number of aromatic nitrogens is 1. The summed E-state index contributed by atoms with van der Waals surface area (Å²) in [6.07, 6.45) is 0. The molecule has 0 spiro atoms. The molecule has 0 atom stereocenters. The maximum Gasteiger partial charge on any atom is 0.186 e. The van der Waals surface area contributed by atoms with Crippen molar-refractivity contribution in [2.75, 3.05) is 36.0 Å². The Kier molecular flexibility index (Phi) is 3.42. The summed E-state index contributed by atoms with van der Waals surface area (Å²) in [6, 6.07) is 15.3. The van der Waals surface area contributed by atoms with Crippen LogP contribution in [0.2, 0.25) is 0 Å². The van der Waals surface area contributed by atoms with Crippen molar-refractivity contribution in [1.29, 1.82) is 0 Å². The van der Waals surface area contributed by atoms with Crippen LogP contribution in [0.25, 0.3) is 10.2 Å². The number of hydrogen-bond acceptors (Lipinski definition) is 4. The summed E-state index contributed by atoms with van der Waals surface area (Å²) in [7, 11) is 0. The van der Waals surface area contributed by atoms with Crippen molar-refractivity contribution in [3.05, 3.63) is 54.3 Å². The first-order valence-electron chi connectivity index (χ1n) is 7.41. The minimum atomic E-state index is -0.198. The highest BCUT2D eigenvalue weighted by molar-refractivity contribution is 7.22. The van der Waals surface area contributed by atoms with E-state index in [-0.39, 0.29) is 5.82 Å². The number of anilines is 2. The summed E-state index contributed by atoms with van der Waals surface area (Å²) in [5.41, 5.74) is 2.15. The molecule has 22 heavy (non-hydrogen) atoms. The zero-order valence-electron chi connectivity index (χ0n) is 12.1. The van der Waals surface area contributed by atoms with Crippen molar-refractivity contribution >= 4 is 32.4 Å². The number of rotatable bonds is 2. The second kappa shape index (κ2) is 5.57. The molecule has 2 aromatic carbocycles. The number of para-hydroxylation sites is 1. The van der Waals surface area contributed by atoms with Crippen LogP contribution >= 0.6 is 11.3 Å². The largest absolute Gasteiger partial charge is 0.368 e. The number of benzene rings is 2. The SMILES string of the molecule is Fc1ccc2nc(N3CCN(c4ccccc4)CC3)sc2c1. The molecule has 1 fully saturated rings. The van der Waals surface area contributed by atoms with Crippen molar-refractivity contribution in [2.24, 2.45) is 0 Å². The molecule has 3 aromatic rings. The zero-order chi connectivity index (χ0) is 14.9. The average Bonchev–Trinajstić information content (AvgIpc) is 2.99. The molecule has 1 aliphatic rings. The highest BCUT2D eigenvalue weighted by Crippen LogP contribution is 2.30. The Labute approximate surface area is 132 Å². The van der Waals surface area contributed by atoms with Crippen LogP contribution < -0.4 is 9.80 Å². The summed E-state index contributed by atoms with van der Waals surface area (Å²) in [6.45, 7) is 3.84. The van der Waals surface area contributed by atoms with Gasteiger partial charge in [0.15, 0.2) is 5.13 Å². The Bertz CT molecular complexity index is 779. The van der Waals surface area contributed by atoms with Crippen LogP contribution in [-0.2, 0) is 0 Å². The van der Waals surface area contributed by atoms with E-state index in [1.54, 1.807) is 23.5 Å². The molecule has 0 saturated carbocycles. The van der Waals surface area contributed by atoms with Gasteiger partial charge in [0.2, 0.25) is 0 Å². The molecule has 0 aliphatic carbocycles. The third-order valence-electron chi connectivity index (χ3n) is 4.01. The van der Waals surface area contributed by atoms with Gasteiger partial charge in [-0.2, -0.15) is 0 Å². The smallest absolute Gasteiger partial charge is 0.186 e. The number of fused-ring (bicyclic) bond motifs is 1. The van der Waals surface area contributed by atoms with Crippen LogP contribution in [0.3, 0.4) is 0 Å². The van der Waals surface area contributed by atoms with Gasteiger partial charge in [-0.05, 0) is 30.3 Å². The van der Waals surface area contributed by atoms with Gasteiger partial charge >= 0.3 is 0 Å². The topological polar surface area (TPSA) is 19.4 Å².